The number of aromatic nitrogens is 6. The number of aromatic amines is 1. The quantitative estimate of drug-likeness (QED) is 0.892. The Morgan fingerprint density at radius 1 is 1.28 bits per heavy atom. The minimum atomic E-state index is 0.568. The van der Waals surface area contributed by atoms with Gasteiger partial charge in [0.2, 0.25) is 11.6 Å². The summed E-state index contributed by atoms with van der Waals surface area (Å²) in [4.78, 5) is 4.51. The molecule has 3 heterocycles. The number of rotatable bonds is 3. The number of hydrogen-bond donors (Lipinski definition) is 1. The molecular formula is C12H18N6. The smallest absolute Gasteiger partial charge is 0.219 e. The lowest BCUT2D eigenvalue weighted by atomic mass is 10.1. The lowest BCUT2D eigenvalue weighted by molar-refractivity contribution is 0.525. The summed E-state index contributed by atoms with van der Waals surface area (Å²) in [6.45, 7) is 5.31. The van der Waals surface area contributed by atoms with Gasteiger partial charge in [-0.2, -0.15) is 0 Å². The minimum absolute atomic E-state index is 0.568. The molecule has 0 radical (unpaired) electrons. The molecule has 1 N–H and O–H groups in total. The van der Waals surface area contributed by atoms with E-state index in [2.05, 4.69) is 43.8 Å². The van der Waals surface area contributed by atoms with Crippen molar-refractivity contribution < 1.29 is 0 Å². The van der Waals surface area contributed by atoms with Crippen molar-refractivity contribution >= 4 is 0 Å². The van der Waals surface area contributed by atoms with Crippen LogP contribution in [0.3, 0.4) is 0 Å². The SMILES string of the molecule is CC(C)Cc1nc(-c2nnc3n2CCCC3)n[nH]1. The molecule has 0 saturated carbocycles. The van der Waals surface area contributed by atoms with Gasteiger partial charge in [0.15, 0.2) is 0 Å². The molecule has 96 valence electrons. The summed E-state index contributed by atoms with van der Waals surface area (Å²) >= 11 is 0. The van der Waals surface area contributed by atoms with E-state index < -0.39 is 0 Å². The molecule has 0 fully saturated rings. The molecule has 0 aromatic carbocycles. The fourth-order valence-electron chi connectivity index (χ4n) is 2.35. The third-order valence-corrected chi connectivity index (χ3v) is 3.19. The van der Waals surface area contributed by atoms with Crippen molar-refractivity contribution in [3.63, 3.8) is 0 Å². The van der Waals surface area contributed by atoms with Gasteiger partial charge >= 0.3 is 0 Å². The van der Waals surface area contributed by atoms with Gasteiger partial charge in [-0.05, 0) is 18.8 Å². The molecule has 6 nitrogen and oxygen atoms in total. The standard InChI is InChI=1S/C12H18N6/c1-8(2)7-9-13-11(16-14-9)12-17-15-10-5-3-4-6-18(10)12/h8H,3-7H2,1-2H3,(H,13,14,16). The molecular weight excluding hydrogens is 228 g/mol. The summed E-state index contributed by atoms with van der Waals surface area (Å²) in [6, 6.07) is 0. The average molecular weight is 246 g/mol. The van der Waals surface area contributed by atoms with E-state index in [1.807, 2.05) is 0 Å². The van der Waals surface area contributed by atoms with Crippen LogP contribution in [0.15, 0.2) is 0 Å². The fraction of sp³-hybridized carbons (Fsp3) is 0.667. The first-order valence-corrected chi connectivity index (χ1v) is 6.58. The van der Waals surface area contributed by atoms with Crippen molar-refractivity contribution in [2.75, 3.05) is 0 Å². The predicted molar refractivity (Wildman–Crippen MR) is 66.9 cm³/mol. The highest BCUT2D eigenvalue weighted by molar-refractivity contribution is 5.43. The predicted octanol–water partition coefficient (Wildman–Crippen LogP) is 1.60. The van der Waals surface area contributed by atoms with Crippen LogP contribution in [0.1, 0.15) is 38.3 Å². The Labute approximate surface area is 106 Å². The second kappa shape index (κ2) is 4.51. The van der Waals surface area contributed by atoms with E-state index in [1.165, 1.54) is 12.8 Å². The van der Waals surface area contributed by atoms with Crippen LogP contribution in [0.2, 0.25) is 0 Å². The molecule has 1 aliphatic heterocycles. The molecule has 0 aliphatic carbocycles. The first-order valence-electron chi connectivity index (χ1n) is 6.58. The topological polar surface area (TPSA) is 72.3 Å². The monoisotopic (exact) mass is 246 g/mol. The highest BCUT2D eigenvalue weighted by Crippen LogP contribution is 2.20. The molecule has 1 aliphatic rings. The molecule has 0 atom stereocenters. The summed E-state index contributed by atoms with van der Waals surface area (Å²) in [6.07, 6.45) is 4.30. The number of hydrogen-bond acceptors (Lipinski definition) is 4. The highest BCUT2D eigenvalue weighted by atomic mass is 15.3. The summed E-state index contributed by atoms with van der Waals surface area (Å²) in [5.74, 6) is 4.03. The van der Waals surface area contributed by atoms with E-state index in [9.17, 15) is 0 Å². The summed E-state index contributed by atoms with van der Waals surface area (Å²) in [7, 11) is 0. The van der Waals surface area contributed by atoms with Gasteiger partial charge in [0.1, 0.15) is 11.6 Å². The Hall–Kier alpha value is -1.72. The van der Waals surface area contributed by atoms with Crippen LogP contribution in [0.5, 0.6) is 0 Å². The van der Waals surface area contributed by atoms with Crippen LogP contribution in [0.4, 0.5) is 0 Å². The van der Waals surface area contributed by atoms with Crippen LogP contribution < -0.4 is 0 Å². The lowest BCUT2D eigenvalue weighted by Crippen LogP contribution is -2.11. The van der Waals surface area contributed by atoms with E-state index in [0.717, 1.165) is 36.9 Å². The van der Waals surface area contributed by atoms with Crippen molar-refractivity contribution in [2.24, 2.45) is 5.92 Å². The molecule has 0 amide bonds. The maximum absolute atomic E-state index is 4.51. The molecule has 0 saturated heterocycles. The Bertz CT molecular complexity index is 539. The Morgan fingerprint density at radius 3 is 3.00 bits per heavy atom. The van der Waals surface area contributed by atoms with Crippen LogP contribution in [-0.4, -0.2) is 29.9 Å². The van der Waals surface area contributed by atoms with Crippen LogP contribution in [0.25, 0.3) is 11.6 Å². The number of nitrogens with zero attached hydrogens (tertiary/aromatic N) is 5. The number of aryl methyl sites for hydroxylation is 1. The molecule has 18 heavy (non-hydrogen) atoms. The minimum Gasteiger partial charge on any atom is -0.308 e. The van der Waals surface area contributed by atoms with Gasteiger partial charge in [-0.15, -0.1) is 15.3 Å². The third-order valence-electron chi connectivity index (χ3n) is 3.19. The van der Waals surface area contributed by atoms with E-state index >= 15 is 0 Å². The molecule has 3 rings (SSSR count). The van der Waals surface area contributed by atoms with Gasteiger partial charge < -0.3 is 4.57 Å². The van der Waals surface area contributed by atoms with Crippen molar-refractivity contribution in [3.05, 3.63) is 11.6 Å². The van der Waals surface area contributed by atoms with Gasteiger partial charge in [0.25, 0.3) is 0 Å². The van der Waals surface area contributed by atoms with Crippen LogP contribution in [0, 0.1) is 5.92 Å². The van der Waals surface area contributed by atoms with Gasteiger partial charge in [-0.25, -0.2) is 4.98 Å². The lowest BCUT2D eigenvalue weighted by Gasteiger charge is -2.13. The van der Waals surface area contributed by atoms with E-state index in [-0.39, 0.29) is 0 Å². The normalized spacial score (nSPS) is 15.1. The number of nitrogens with one attached hydrogen (secondary N) is 1. The maximum Gasteiger partial charge on any atom is 0.219 e. The maximum atomic E-state index is 4.51. The average Bonchev–Trinajstić information content (AvgIpc) is 2.94. The summed E-state index contributed by atoms with van der Waals surface area (Å²) < 4.78 is 2.14. The molecule has 0 unspecified atom stereocenters. The zero-order valence-electron chi connectivity index (χ0n) is 10.8. The van der Waals surface area contributed by atoms with Crippen LogP contribution in [-0.2, 0) is 19.4 Å². The molecule has 6 heteroatoms. The molecule has 0 spiro atoms. The van der Waals surface area contributed by atoms with Gasteiger partial charge in [0, 0.05) is 19.4 Å². The molecule has 0 bridgehead atoms. The highest BCUT2D eigenvalue weighted by Gasteiger charge is 2.19. The second-order valence-corrected chi connectivity index (χ2v) is 5.25. The van der Waals surface area contributed by atoms with Crippen molar-refractivity contribution in [3.8, 4) is 11.6 Å². The van der Waals surface area contributed by atoms with Gasteiger partial charge in [-0.3, -0.25) is 5.10 Å². The van der Waals surface area contributed by atoms with Crippen molar-refractivity contribution in [1.82, 2.24) is 29.9 Å². The van der Waals surface area contributed by atoms with Crippen molar-refractivity contribution in [2.45, 2.75) is 46.1 Å². The first-order chi connectivity index (χ1) is 8.74. The summed E-state index contributed by atoms with van der Waals surface area (Å²) in [5.41, 5.74) is 0. The number of H-pyrrole nitrogens is 1. The Kier molecular flexibility index (Phi) is 2.85. The zero-order chi connectivity index (χ0) is 12.5. The van der Waals surface area contributed by atoms with Gasteiger partial charge in [-0.1, -0.05) is 13.8 Å². The van der Waals surface area contributed by atoms with Crippen LogP contribution >= 0.6 is 0 Å². The number of fused-ring (bicyclic) bond motifs is 1. The third kappa shape index (κ3) is 2.02. The largest absolute Gasteiger partial charge is 0.308 e. The Balaban J connectivity index is 1.90. The Morgan fingerprint density at radius 2 is 2.17 bits per heavy atom. The summed E-state index contributed by atoms with van der Waals surface area (Å²) in [5, 5.41) is 15.7. The van der Waals surface area contributed by atoms with E-state index in [1.54, 1.807) is 0 Å². The zero-order valence-corrected chi connectivity index (χ0v) is 10.8. The fourth-order valence-corrected chi connectivity index (χ4v) is 2.35. The van der Waals surface area contributed by atoms with E-state index in [4.69, 9.17) is 0 Å². The van der Waals surface area contributed by atoms with Crippen molar-refractivity contribution in [1.29, 1.82) is 0 Å². The second-order valence-electron chi connectivity index (χ2n) is 5.25. The molecule has 2 aromatic heterocycles. The van der Waals surface area contributed by atoms with Gasteiger partial charge in [0.05, 0.1) is 0 Å². The van der Waals surface area contributed by atoms with E-state index in [0.29, 0.717) is 11.7 Å². The first kappa shape index (κ1) is 11.4. The molecule has 2 aromatic rings.